The molecule has 1 aliphatic rings. The molecule has 2 unspecified atom stereocenters. The first-order valence-corrected chi connectivity index (χ1v) is 5.42. The number of furan rings is 1. The Hall–Kier alpha value is -0.770. The lowest BCUT2D eigenvalue weighted by Gasteiger charge is -2.32. The standard InChI is InChI=1S/C10H11BrO3/c11-9-4-6(5-14-9)3-7-1-2-8(7)10(12)13/h4-5,7-8H,1-3H2,(H,12,13). The molecule has 1 heterocycles. The second-order valence-electron chi connectivity index (χ2n) is 3.75. The Bertz CT molecular complexity index is 345. The van der Waals surface area contributed by atoms with Crippen molar-refractivity contribution >= 4 is 21.9 Å². The quantitative estimate of drug-likeness (QED) is 0.907. The third kappa shape index (κ3) is 1.85. The summed E-state index contributed by atoms with van der Waals surface area (Å²) < 4.78 is 5.81. The maximum Gasteiger partial charge on any atom is 0.306 e. The van der Waals surface area contributed by atoms with Gasteiger partial charge in [-0.25, -0.2) is 0 Å². The van der Waals surface area contributed by atoms with Crippen LogP contribution in [0.1, 0.15) is 18.4 Å². The SMILES string of the molecule is O=C(O)C1CCC1Cc1coc(Br)c1. The average molecular weight is 259 g/mol. The monoisotopic (exact) mass is 258 g/mol. The summed E-state index contributed by atoms with van der Waals surface area (Å²) in [6.07, 6.45) is 4.33. The highest BCUT2D eigenvalue weighted by Gasteiger charge is 2.36. The third-order valence-electron chi connectivity index (χ3n) is 2.85. The van der Waals surface area contributed by atoms with Crippen LogP contribution in [0.15, 0.2) is 21.4 Å². The largest absolute Gasteiger partial charge is 0.481 e. The van der Waals surface area contributed by atoms with Crippen LogP contribution >= 0.6 is 15.9 Å². The summed E-state index contributed by atoms with van der Waals surface area (Å²) in [7, 11) is 0. The summed E-state index contributed by atoms with van der Waals surface area (Å²) in [5.74, 6) is -0.524. The lowest BCUT2D eigenvalue weighted by molar-refractivity contribution is -0.147. The minimum absolute atomic E-state index is 0.149. The highest BCUT2D eigenvalue weighted by Crippen LogP contribution is 2.37. The number of halogens is 1. The number of hydrogen-bond donors (Lipinski definition) is 1. The minimum atomic E-state index is -0.663. The molecule has 1 aromatic heterocycles. The fourth-order valence-electron chi connectivity index (χ4n) is 1.89. The molecule has 2 atom stereocenters. The fourth-order valence-corrected chi connectivity index (χ4v) is 2.28. The van der Waals surface area contributed by atoms with Gasteiger partial charge in [0.15, 0.2) is 4.67 Å². The van der Waals surface area contributed by atoms with Crippen molar-refractivity contribution < 1.29 is 14.3 Å². The van der Waals surface area contributed by atoms with Gasteiger partial charge in [-0.05, 0) is 52.7 Å². The van der Waals surface area contributed by atoms with E-state index in [1.807, 2.05) is 6.07 Å². The zero-order valence-corrected chi connectivity index (χ0v) is 9.16. The molecule has 1 fully saturated rings. The number of carboxylic acid groups (broad SMARTS) is 1. The molecule has 0 saturated heterocycles. The van der Waals surface area contributed by atoms with Crippen molar-refractivity contribution in [2.45, 2.75) is 19.3 Å². The predicted molar refractivity (Wildman–Crippen MR) is 54.0 cm³/mol. The molecule has 76 valence electrons. The van der Waals surface area contributed by atoms with Gasteiger partial charge < -0.3 is 9.52 Å². The lowest BCUT2D eigenvalue weighted by Crippen LogP contribution is -2.34. The van der Waals surface area contributed by atoms with Gasteiger partial charge in [-0.2, -0.15) is 0 Å². The lowest BCUT2D eigenvalue weighted by atomic mass is 9.71. The van der Waals surface area contributed by atoms with E-state index in [1.54, 1.807) is 6.26 Å². The van der Waals surface area contributed by atoms with Crippen molar-refractivity contribution in [2.75, 3.05) is 0 Å². The van der Waals surface area contributed by atoms with Gasteiger partial charge in [0.25, 0.3) is 0 Å². The summed E-state index contributed by atoms with van der Waals surface area (Å²) >= 11 is 3.22. The first kappa shape index (κ1) is 9.77. The maximum absolute atomic E-state index is 10.8. The molecular formula is C10H11BrO3. The van der Waals surface area contributed by atoms with Crippen LogP contribution in [0.5, 0.6) is 0 Å². The van der Waals surface area contributed by atoms with E-state index in [0.29, 0.717) is 4.67 Å². The second kappa shape index (κ2) is 3.77. The van der Waals surface area contributed by atoms with E-state index in [2.05, 4.69) is 15.9 Å². The van der Waals surface area contributed by atoms with Crippen molar-refractivity contribution in [3.63, 3.8) is 0 Å². The van der Waals surface area contributed by atoms with Crippen LogP contribution in [0.2, 0.25) is 0 Å². The molecule has 1 aromatic rings. The van der Waals surface area contributed by atoms with Crippen LogP contribution in [0, 0.1) is 11.8 Å². The van der Waals surface area contributed by atoms with Crippen molar-refractivity contribution in [3.8, 4) is 0 Å². The van der Waals surface area contributed by atoms with Gasteiger partial charge in [-0.15, -0.1) is 0 Å². The Morgan fingerprint density at radius 2 is 2.43 bits per heavy atom. The molecule has 3 nitrogen and oxygen atoms in total. The van der Waals surface area contributed by atoms with Crippen LogP contribution < -0.4 is 0 Å². The molecule has 0 amide bonds. The minimum Gasteiger partial charge on any atom is -0.481 e. The molecule has 4 heteroatoms. The number of carboxylic acids is 1. The normalized spacial score (nSPS) is 25.8. The Kier molecular flexibility index (Phi) is 2.63. The molecule has 1 N–H and O–H groups in total. The van der Waals surface area contributed by atoms with E-state index in [4.69, 9.17) is 9.52 Å². The van der Waals surface area contributed by atoms with Gasteiger partial charge in [-0.1, -0.05) is 0 Å². The van der Waals surface area contributed by atoms with Gasteiger partial charge in [0, 0.05) is 0 Å². The average Bonchev–Trinajstić information content (AvgIpc) is 2.44. The number of aliphatic carboxylic acids is 1. The van der Waals surface area contributed by atoms with Crippen molar-refractivity contribution in [1.82, 2.24) is 0 Å². The Balaban J connectivity index is 1.95. The van der Waals surface area contributed by atoms with Gasteiger partial charge in [0.2, 0.25) is 0 Å². The van der Waals surface area contributed by atoms with Gasteiger partial charge in [0.1, 0.15) is 0 Å². The van der Waals surface area contributed by atoms with Crippen molar-refractivity contribution in [3.05, 3.63) is 22.6 Å². The van der Waals surface area contributed by atoms with Crippen LogP contribution in [0.3, 0.4) is 0 Å². The van der Waals surface area contributed by atoms with Gasteiger partial charge in [0.05, 0.1) is 12.2 Å². The zero-order chi connectivity index (χ0) is 10.1. The highest BCUT2D eigenvalue weighted by molar-refractivity contribution is 9.10. The van der Waals surface area contributed by atoms with Gasteiger partial charge in [-0.3, -0.25) is 4.79 Å². The van der Waals surface area contributed by atoms with Crippen LogP contribution in [-0.2, 0) is 11.2 Å². The second-order valence-corrected chi connectivity index (χ2v) is 4.53. The van der Waals surface area contributed by atoms with Crippen LogP contribution in [0.25, 0.3) is 0 Å². The number of rotatable bonds is 3. The van der Waals surface area contributed by atoms with E-state index in [-0.39, 0.29) is 11.8 Å². The van der Waals surface area contributed by atoms with Crippen LogP contribution in [-0.4, -0.2) is 11.1 Å². The third-order valence-corrected chi connectivity index (χ3v) is 3.27. The molecular weight excluding hydrogens is 248 g/mol. The Morgan fingerprint density at radius 3 is 2.86 bits per heavy atom. The van der Waals surface area contributed by atoms with Crippen LogP contribution in [0.4, 0.5) is 0 Å². The molecule has 0 aliphatic heterocycles. The summed E-state index contributed by atoms with van der Waals surface area (Å²) in [6.45, 7) is 0. The fraction of sp³-hybridized carbons (Fsp3) is 0.500. The summed E-state index contributed by atoms with van der Waals surface area (Å²) in [4.78, 5) is 10.8. The van der Waals surface area contributed by atoms with Crippen molar-refractivity contribution in [1.29, 1.82) is 0 Å². The Labute approximate surface area is 90.2 Å². The maximum atomic E-state index is 10.8. The smallest absolute Gasteiger partial charge is 0.306 e. The summed E-state index contributed by atoms with van der Waals surface area (Å²) in [5, 5.41) is 8.85. The molecule has 1 aliphatic carbocycles. The predicted octanol–water partition coefficient (Wildman–Crippen LogP) is 2.70. The van der Waals surface area contributed by atoms with E-state index >= 15 is 0 Å². The highest BCUT2D eigenvalue weighted by atomic mass is 79.9. The first-order valence-electron chi connectivity index (χ1n) is 4.62. The molecule has 2 rings (SSSR count). The topological polar surface area (TPSA) is 50.4 Å². The molecule has 1 saturated carbocycles. The zero-order valence-electron chi connectivity index (χ0n) is 7.57. The Morgan fingerprint density at radius 1 is 1.64 bits per heavy atom. The molecule has 0 radical (unpaired) electrons. The van der Waals surface area contributed by atoms with E-state index in [0.717, 1.165) is 24.8 Å². The molecule has 0 spiro atoms. The van der Waals surface area contributed by atoms with E-state index in [1.165, 1.54) is 0 Å². The number of carbonyl (C=O) groups is 1. The molecule has 0 bridgehead atoms. The molecule has 14 heavy (non-hydrogen) atoms. The number of hydrogen-bond acceptors (Lipinski definition) is 2. The summed E-state index contributed by atoms with van der Waals surface area (Å²) in [5.41, 5.74) is 1.08. The van der Waals surface area contributed by atoms with Gasteiger partial charge >= 0.3 is 5.97 Å². The molecule has 0 aromatic carbocycles. The van der Waals surface area contributed by atoms with Crippen molar-refractivity contribution in [2.24, 2.45) is 11.8 Å². The summed E-state index contributed by atoms with van der Waals surface area (Å²) in [6, 6.07) is 1.90. The van der Waals surface area contributed by atoms with E-state index < -0.39 is 5.97 Å². The first-order chi connectivity index (χ1) is 6.66. The van der Waals surface area contributed by atoms with E-state index in [9.17, 15) is 4.79 Å².